The van der Waals surface area contributed by atoms with Crippen LogP contribution >= 0.6 is 11.8 Å². The second kappa shape index (κ2) is 8.92. The van der Waals surface area contributed by atoms with E-state index in [1.54, 1.807) is 19.9 Å². The van der Waals surface area contributed by atoms with Gasteiger partial charge in [-0.05, 0) is 38.7 Å². The van der Waals surface area contributed by atoms with Gasteiger partial charge in [-0.3, -0.25) is 19.9 Å². The molecular formula is C22H33N5O5S. The lowest BCUT2D eigenvalue weighted by atomic mass is 9.78. The lowest BCUT2D eigenvalue weighted by Gasteiger charge is -2.56. The lowest BCUT2D eigenvalue weighted by molar-refractivity contribution is -0.158. The summed E-state index contributed by atoms with van der Waals surface area (Å²) < 4.78 is -1.11. The fraction of sp³-hybridized carbons (Fsp3) is 0.727. The van der Waals surface area contributed by atoms with Crippen molar-refractivity contribution in [2.75, 3.05) is 32.7 Å². The summed E-state index contributed by atoms with van der Waals surface area (Å²) in [5.41, 5.74) is -0.0117. The zero-order chi connectivity index (χ0) is 24.1. The van der Waals surface area contributed by atoms with Crippen LogP contribution in [0.2, 0.25) is 0 Å². The topological polar surface area (TPSA) is 137 Å². The van der Waals surface area contributed by atoms with Crippen molar-refractivity contribution in [1.82, 2.24) is 20.0 Å². The van der Waals surface area contributed by atoms with E-state index in [-0.39, 0.29) is 34.7 Å². The molecule has 33 heavy (non-hydrogen) atoms. The number of β-lactam (4-membered cyclic amide) rings is 1. The van der Waals surface area contributed by atoms with Gasteiger partial charge in [0.1, 0.15) is 10.4 Å². The zero-order valence-electron chi connectivity index (χ0n) is 19.3. The number of aliphatic carboxylic acids is 1. The Morgan fingerprint density at radius 2 is 1.94 bits per heavy atom. The Hall–Kier alpha value is -2.11. The van der Waals surface area contributed by atoms with Gasteiger partial charge in [-0.15, -0.1) is 11.8 Å². The second-order valence-corrected chi connectivity index (χ2v) is 11.1. The molecule has 3 fully saturated rings. The van der Waals surface area contributed by atoms with Gasteiger partial charge in [-0.2, -0.15) is 0 Å². The minimum absolute atomic E-state index is 0.0117. The highest BCUT2D eigenvalue weighted by Gasteiger charge is 2.69. The normalized spacial score (nSPS) is 35.0. The quantitative estimate of drug-likeness (QED) is 0.244. The molecule has 0 saturated carbocycles. The number of aliphatic hydroxyl groups is 1. The molecule has 4 N–H and O–H groups in total. The standard InChI is InChI=1S/C22H33N5O5S/c1-12-9-17(20(30)31)27-18(12)22(13(2)28,21(27)32)33-15-10-16(24-11-15)19(29)26-6-4-5-25(7-8-26)14(3)23/h9,12-13,15-16,18,23-24,28H,4-8,10-11H2,1-3H3,(H,30,31)/t12?,13?,15?,16?,18-,22?/m0/s1. The van der Waals surface area contributed by atoms with Crippen LogP contribution in [-0.4, -0.2) is 109 Å². The minimum Gasteiger partial charge on any atom is -0.477 e. The maximum Gasteiger partial charge on any atom is 0.352 e. The van der Waals surface area contributed by atoms with Crippen molar-refractivity contribution in [2.24, 2.45) is 5.92 Å². The summed E-state index contributed by atoms with van der Waals surface area (Å²) in [6, 6.07) is -0.752. The number of amidine groups is 1. The van der Waals surface area contributed by atoms with Gasteiger partial charge in [-0.1, -0.05) is 6.92 Å². The summed E-state index contributed by atoms with van der Waals surface area (Å²) in [5, 5.41) is 31.2. The van der Waals surface area contributed by atoms with Crippen LogP contribution in [-0.2, 0) is 14.4 Å². The van der Waals surface area contributed by atoms with Crippen molar-refractivity contribution in [1.29, 1.82) is 5.41 Å². The van der Waals surface area contributed by atoms with E-state index in [2.05, 4.69) is 5.32 Å². The van der Waals surface area contributed by atoms with Crippen LogP contribution < -0.4 is 5.32 Å². The molecule has 11 heteroatoms. The average Bonchev–Trinajstić information content (AvgIpc) is 3.24. The Balaban J connectivity index is 1.41. The number of fused-ring (bicyclic) bond motifs is 1. The number of nitrogens with zero attached hydrogens (tertiary/aromatic N) is 3. The van der Waals surface area contributed by atoms with E-state index in [9.17, 15) is 24.6 Å². The number of carbonyl (C=O) groups excluding carboxylic acids is 2. The molecule has 4 heterocycles. The molecule has 6 atom stereocenters. The van der Waals surface area contributed by atoms with Crippen LogP contribution in [0.3, 0.4) is 0 Å². The van der Waals surface area contributed by atoms with Crippen molar-refractivity contribution in [3.63, 3.8) is 0 Å². The van der Waals surface area contributed by atoms with Gasteiger partial charge < -0.3 is 25.3 Å². The molecule has 182 valence electrons. The summed E-state index contributed by atoms with van der Waals surface area (Å²) >= 11 is 1.39. The molecule has 0 spiro atoms. The molecule has 3 saturated heterocycles. The molecule has 4 rings (SSSR count). The predicted molar refractivity (Wildman–Crippen MR) is 124 cm³/mol. The molecule has 0 aromatic rings. The largest absolute Gasteiger partial charge is 0.477 e. The van der Waals surface area contributed by atoms with Gasteiger partial charge in [0.2, 0.25) is 11.8 Å². The van der Waals surface area contributed by atoms with Crippen molar-refractivity contribution in [3.05, 3.63) is 11.8 Å². The maximum atomic E-state index is 13.2. The van der Waals surface area contributed by atoms with E-state index in [0.717, 1.165) is 13.0 Å². The highest BCUT2D eigenvalue weighted by Crippen LogP contribution is 2.55. The van der Waals surface area contributed by atoms with Crippen molar-refractivity contribution >= 4 is 35.4 Å². The third-order valence-electron chi connectivity index (χ3n) is 7.32. The number of rotatable bonds is 5. The summed E-state index contributed by atoms with van der Waals surface area (Å²) in [6.45, 7) is 8.44. The van der Waals surface area contributed by atoms with Gasteiger partial charge in [0.25, 0.3) is 0 Å². The molecule has 4 aliphatic rings. The summed E-state index contributed by atoms with van der Waals surface area (Å²) in [7, 11) is 0. The smallest absolute Gasteiger partial charge is 0.352 e. The fourth-order valence-electron chi connectivity index (χ4n) is 5.64. The number of thioether (sulfide) groups is 1. The van der Waals surface area contributed by atoms with Crippen LogP contribution in [0, 0.1) is 11.3 Å². The molecule has 0 bridgehead atoms. The van der Waals surface area contributed by atoms with Crippen LogP contribution in [0.5, 0.6) is 0 Å². The Bertz CT molecular complexity index is 894. The van der Waals surface area contributed by atoms with E-state index >= 15 is 0 Å². The molecule has 0 aliphatic carbocycles. The molecule has 5 unspecified atom stereocenters. The third-order valence-corrected chi connectivity index (χ3v) is 9.16. The van der Waals surface area contributed by atoms with Crippen molar-refractivity contribution in [3.8, 4) is 0 Å². The number of hydrogen-bond donors (Lipinski definition) is 4. The van der Waals surface area contributed by atoms with Gasteiger partial charge in [0.15, 0.2) is 0 Å². The van der Waals surface area contributed by atoms with Crippen LogP contribution in [0.15, 0.2) is 11.8 Å². The van der Waals surface area contributed by atoms with E-state index in [4.69, 9.17) is 5.41 Å². The van der Waals surface area contributed by atoms with Gasteiger partial charge >= 0.3 is 5.97 Å². The summed E-state index contributed by atoms with van der Waals surface area (Å²) in [4.78, 5) is 43.0. The molecule has 2 amide bonds. The number of hydrogen-bond acceptors (Lipinski definition) is 7. The Morgan fingerprint density at radius 1 is 1.27 bits per heavy atom. The number of amides is 2. The first-order valence-electron chi connectivity index (χ1n) is 11.5. The monoisotopic (exact) mass is 479 g/mol. The van der Waals surface area contributed by atoms with Crippen LogP contribution in [0.4, 0.5) is 0 Å². The van der Waals surface area contributed by atoms with Gasteiger partial charge in [0.05, 0.1) is 24.0 Å². The lowest BCUT2D eigenvalue weighted by Crippen LogP contribution is -2.76. The number of carboxylic acids is 1. The SMILES string of the molecule is CC(=N)N1CCCN(C(=O)C2CC(SC3(C(C)O)C(=O)N4C(C(=O)O)=CC(C)[C@H]43)CN2)CC1. The first-order valence-corrected chi connectivity index (χ1v) is 12.4. The van der Waals surface area contributed by atoms with E-state index < -0.39 is 22.9 Å². The Kier molecular flexibility index (Phi) is 6.49. The van der Waals surface area contributed by atoms with E-state index in [1.807, 2.05) is 16.7 Å². The Labute approximate surface area is 197 Å². The molecule has 10 nitrogen and oxygen atoms in total. The van der Waals surface area contributed by atoms with Gasteiger partial charge in [0, 0.05) is 38.0 Å². The van der Waals surface area contributed by atoms with Crippen molar-refractivity contribution < 1.29 is 24.6 Å². The predicted octanol–water partition coefficient (Wildman–Crippen LogP) is -0.0698. The summed E-state index contributed by atoms with van der Waals surface area (Å²) in [5.74, 6) is -1.12. The van der Waals surface area contributed by atoms with Crippen molar-refractivity contribution in [2.45, 2.75) is 61.8 Å². The number of carbonyl (C=O) groups is 3. The third kappa shape index (κ3) is 3.93. The highest BCUT2D eigenvalue weighted by molar-refractivity contribution is 8.02. The summed E-state index contributed by atoms with van der Waals surface area (Å²) in [6.07, 6.45) is 2.01. The first kappa shape index (κ1) is 24.0. The number of nitrogens with one attached hydrogen (secondary N) is 2. The van der Waals surface area contributed by atoms with E-state index in [0.29, 0.717) is 38.4 Å². The van der Waals surface area contributed by atoms with Crippen LogP contribution in [0.25, 0.3) is 0 Å². The maximum absolute atomic E-state index is 13.2. The fourth-order valence-corrected chi connectivity index (χ4v) is 7.52. The molecular weight excluding hydrogens is 446 g/mol. The van der Waals surface area contributed by atoms with Gasteiger partial charge in [-0.25, -0.2) is 4.79 Å². The first-order chi connectivity index (χ1) is 15.6. The number of aliphatic hydroxyl groups excluding tert-OH is 1. The average molecular weight is 480 g/mol. The Morgan fingerprint density at radius 3 is 2.58 bits per heavy atom. The minimum atomic E-state index is -1.13. The molecule has 0 radical (unpaired) electrons. The van der Waals surface area contributed by atoms with E-state index in [1.165, 1.54) is 16.7 Å². The molecule has 4 aliphatic heterocycles. The van der Waals surface area contributed by atoms with Crippen LogP contribution in [0.1, 0.15) is 33.6 Å². The highest BCUT2D eigenvalue weighted by atomic mass is 32.2. The zero-order valence-corrected chi connectivity index (χ0v) is 20.1. The molecule has 0 aromatic carbocycles. The molecule has 0 aromatic heterocycles. The number of carboxylic acid groups (broad SMARTS) is 1. The second-order valence-electron chi connectivity index (χ2n) is 9.49.